The molecule has 0 amide bonds. The van der Waals surface area contributed by atoms with Crippen molar-refractivity contribution in [2.24, 2.45) is 0 Å². The minimum Gasteiger partial charge on any atom is -0.467 e. The van der Waals surface area contributed by atoms with Crippen molar-refractivity contribution < 1.29 is 13.9 Å². The monoisotopic (exact) mass is 273 g/mol. The Kier molecular flexibility index (Phi) is 4.82. The number of furan rings is 1. The summed E-state index contributed by atoms with van der Waals surface area (Å²) in [4.78, 5) is 11.6. The first-order valence-corrected chi connectivity index (χ1v) is 6.81. The fraction of sp³-hybridized carbons (Fsp3) is 0.312. The van der Waals surface area contributed by atoms with Crippen LogP contribution in [0.15, 0.2) is 47.1 Å². The summed E-state index contributed by atoms with van der Waals surface area (Å²) in [5.74, 6) is 0.610. The lowest BCUT2D eigenvalue weighted by molar-refractivity contribution is 0.0526. The van der Waals surface area contributed by atoms with E-state index in [0.717, 1.165) is 17.9 Å². The molecular weight excluding hydrogens is 254 g/mol. The van der Waals surface area contributed by atoms with E-state index in [0.29, 0.717) is 12.2 Å². The summed E-state index contributed by atoms with van der Waals surface area (Å²) in [6, 6.07) is 11.2. The van der Waals surface area contributed by atoms with Gasteiger partial charge in [0.1, 0.15) is 5.76 Å². The highest BCUT2D eigenvalue weighted by Gasteiger charge is 2.12. The first kappa shape index (κ1) is 14.2. The van der Waals surface area contributed by atoms with Gasteiger partial charge in [0, 0.05) is 5.69 Å². The van der Waals surface area contributed by atoms with Crippen LogP contribution in [0.2, 0.25) is 0 Å². The maximum Gasteiger partial charge on any atom is 0.338 e. The van der Waals surface area contributed by atoms with Crippen molar-refractivity contribution in [1.29, 1.82) is 0 Å². The molecule has 0 fully saturated rings. The fourth-order valence-electron chi connectivity index (χ4n) is 1.98. The molecule has 1 aromatic heterocycles. The molecule has 106 valence electrons. The van der Waals surface area contributed by atoms with E-state index in [2.05, 4.69) is 12.2 Å². The number of esters is 1. The maximum atomic E-state index is 11.6. The summed E-state index contributed by atoms with van der Waals surface area (Å²) in [5.41, 5.74) is 1.50. The van der Waals surface area contributed by atoms with E-state index >= 15 is 0 Å². The van der Waals surface area contributed by atoms with E-state index < -0.39 is 0 Å². The smallest absolute Gasteiger partial charge is 0.338 e. The normalized spacial score (nSPS) is 11.9. The van der Waals surface area contributed by atoms with Crippen LogP contribution in [0.1, 0.15) is 42.4 Å². The lowest BCUT2D eigenvalue weighted by Crippen LogP contribution is -2.09. The van der Waals surface area contributed by atoms with Gasteiger partial charge in [-0.2, -0.15) is 0 Å². The molecule has 0 radical (unpaired) electrons. The molecule has 20 heavy (non-hydrogen) atoms. The number of ether oxygens (including phenoxy) is 1. The molecule has 1 unspecified atom stereocenters. The number of hydrogen-bond donors (Lipinski definition) is 1. The third-order valence-electron chi connectivity index (χ3n) is 3.03. The maximum absolute atomic E-state index is 11.6. The third kappa shape index (κ3) is 3.41. The number of benzene rings is 1. The first-order valence-electron chi connectivity index (χ1n) is 6.81. The number of anilines is 1. The standard InChI is InChI=1S/C16H19NO3/c1-3-14(15-6-5-11-20-15)17-13-9-7-12(8-10-13)16(18)19-4-2/h5-11,14,17H,3-4H2,1-2H3. The van der Waals surface area contributed by atoms with Crippen LogP contribution in [0.5, 0.6) is 0 Å². The second-order valence-corrected chi connectivity index (χ2v) is 4.42. The molecule has 0 aliphatic carbocycles. The lowest BCUT2D eigenvalue weighted by Gasteiger charge is -2.16. The van der Waals surface area contributed by atoms with Crippen LogP contribution < -0.4 is 5.32 Å². The van der Waals surface area contributed by atoms with Crippen LogP contribution in [0.3, 0.4) is 0 Å². The highest BCUT2D eigenvalue weighted by atomic mass is 16.5. The summed E-state index contributed by atoms with van der Waals surface area (Å²) in [5, 5.41) is 3.38. The van der Waals surface area contributed by atoms with Gasteiger partial charge in [0.25, 0.3) is 0 Å². The molecule has 0 saturated heterocycles. The molecule has 0 aliphatic heterocycles. The van der Waals surface area contributed by atoms with Gasteiger partial charge in [-0.1, -0.05) is 6.92 Å². The molecule has 2 aromatic rings. The van der Waals surface area contributed by atoms with E-state index in [-0.39, 0.29) is 12.0 Å². The molecule has 4 nitrogen and oxygen atoms in total. The van der Waals surface area contributed by atoms with Crippen molar-refractivity contribution in [3.05, 3.63) is 54.0 Å². The summed E-state index contributed by atoms with van der Waals surface area (Å²) in [6.45, 7) is 4.27. The Hall–Kier alpha value is -2.23. The predicted molar refractivity (Wildman–Crippen MR) is 77.8 cm³/mol. The van der Waals surface area contributed by atoms with Crippen LogP contribution in [0.4, 0.5) is 5.69 Å². The Balaban J connectivity index is 2.04. The van der Waals surface area contributed by atoms with Crippen molar-refractivity contribution in [3.63, 3.8) is 0 Å². The highest BCUT2D eigenvalue weighted by Crippen LogP contribution is 2.23. The van der Waals surface area contributed by atoms with Crippen molar-refractivity contribution in [2.45, 2.75) is 26.3 Å². The molecule has 4 heteroatoms. The van der Waals surface area contributed by atoms with Gasteiger partial charge in [0.15, 0.2) is 0 Å². The zero-order valence-electron chi connectivity index (χ0n) is 11.8. The topological polar surface area (TPSA) is 51.5 Å². The van der Waals surface area contributed by atoms with E-state index in [1.807, 2.05) is 24.3 Å². The number of carbonyl (C=O) groups excluding carboxylic acids is 1. The first-order chi connectivity index (χ1) is 9.74. The molecule has 1 aromatic carbocycles. The van der Waals surface area contributed by atoms with E-state index in [1.165, 1.54) is 0 Å². The van der Waals surface area contributed by atoms with Crippen molar-refractivity contribution in [2.75, 3.05) is 11.9 Å². The van der Waals surface area contributed by atoms with Gasteiger partial charge in [0.2, 0.25) is 0 Å². The van der Waals surface area contributed by atoms with Crippen LogP contribution in [-0.2, 0) is 4.74 Å². The molecule has 0 saturated carbocycles. The SMILES string of the molecule is CCOC(=O)c1ccc(NC(CC)c2ccco2)cc1. The van der Waals surface area contributed by atoms with Crippen molar-refractivity contribution in [1.82, 2.24) is 0 Å². The Bertz CT molecular complexity index is 531. The molecular formula is C16H19NO3. The average molecular weight is 273 g/mol. The molecule has 0 spiro atoms. The number of rotatable bonds is 6. The van der Waals surface area contributed by atoms with E-state index in [9.17, 15) is 4.79 Å². The molecule has 1 atom stereocenters. The van der Waals surface area contributed by atoms with Crippen LogP contribution in [-0.4, -0.2) is 12.6 Å². The molecule has 1 heterocycles. The Morgan fingerprint density at radius 1 is 1.25 bits per heavy atom. The van der Waals surface area contributed by atoms with E-state index in [1.54, 1.807) is 25.3 Å². The third-order valence-corrected chi connectivity index (χ3v) is 3.03. The summed E-state index contributed by atoms with van der Waals surface area (Å²) < 4.78 is 10.4. The average Bonchev–Trinajstić information content (AvgIpc) is 2.99. The summed E-state index contributed by atoms with van der Waals surface area (Å²) in [7, 11) is 0. The van der Waals surface area contributed by atoms with Crippen LogP contribution in [0.25, 0.3) is 0 Å². The van der Waals surface area contributed by atoms with E-state index in [4.69, 9.17) is 9.15 Å². The second kappa shape index (κ2) is 6.80. The number of hydrogen-bond acceptors (Lipinski definition) is 4. The summed E-state index contributed by atoms with van der Waals surface area (Å²) in [6.07, 6.45) is 2.58. The zero-order valence-corrected chi connectivity index (χ0v) is 11.8. The highest BCUT2D eigenvalue weighted by molar-refractivity contribution is 5.89. The van der Waals surface area contributed by atoms with Crippen LogP contribution in [0, 0.1) is 0 Å². The lowest BCUT2D eigenvalue weighted by atomic mass is 10.1. The zero-order chi connectivity index (χ0) is 14.4. The van der Waals surface area contributed by atoms with Gasteiger partial charge >= 0.3 is 5.97 Å². The van der Waals surface area contributed by atoms with Crippen LogP contribution >= 0.6 is 0 Å². The fourth-order valence-corrected chi connectivity index (χ4v) is 1.98. The van der Waals surface area contributed by atoms with Gasteiger partial charge < -0.3 is 14.5 Å². The Morgan fingerprint density at radius 2 is 2.00 bits per heavy atom. The predicted octanol–water partition coefficient (Wildman–Crippen LogP) is 4.02. The number of nitrogens with one attached hydrogen (secondary N) is 1. The molecule has 2 rings (SSSR count). The second-order valence-electron chi connectivity index (χ2n) is 4.42. The van der Waals surface area contributed by atoms with Gasteiger partial charge in [-0.25, -0.2) is 4.79 Å². The van der Waals surface area contributed by atoms with Gasteiger partial charge in [-0.05, 0) is 49.7 Å². The number of carbonyl (C=O) groups is 1. The largest absolute Gasteiger partial charge is 0.467 e. The molecule has 1 N–H and O–H groups in total. The van der Waals surface area contributed by atoms with Crippen molar-refractivity contribution in [3.8, 4) is 0 Å². The van der Waals surface area contributed by atoms with Crippen molar-refractivity contribution >= 4 is 11.7 Å². The Labute approximate surface area is 118 Å². The quantitative estimate of drug-likeness (QED) is 0.808. The molecule has 0 bridgehead atoms. The van der Waals surface area contributed by atoms with Gasteiger partial charge in [0.05, 0.1) is 24.5 Å². The minimum absolute atomic E-state index is 0.124. The van der Waals surface area contributed by atoms with Gasteiger partial charge in [-0.15, -0.1) is 0 Å². The Morgan fingerprint density at radius 3 is 2.55 bits per heavy atom. The minimum atomic E-state index is -0.294. The van der Waals surface area contributed by atoms with Gasteiger partial charge in [-0.3, -0.25) is 0 Å². The summed E-state index contributed by atoms with van der Waals surface area (Å²) >= 11 is 0. The molecule has 0 aliphatic rings.